The highest BCUT2D eigenvalue weighted by Gasteiger charge is 2.10. The standard InChI is InChI=1S/C25H28N2O4/c1-4-17-30-25-20(7-6-8-23(25)29-5-2)11-14-22(28)19-9-12-21(13-10-19)31-18-24-26-15-16-27(24)3/h6-16H,4-5,17-18H2,1-3H3/b14-11+. The highest BCUT2D eigenvalue weighted by Crippen LogP contribution is 2.32. The highest BCUT2D eigenvalue weighted by molar-refractivity contribution is 6.07. The first-order chi connectivity index (χ1) is 15.1. The molecule has 31 heavy (non-hydrogen) atoms. The van der Waals surface area contributed by atoms with Crippen molar-refractivity contribution in [2.75, 3.05) is 13.2 Å². The molecule has 6 nitrogen and oxygen atoms in total. The molecule has 0 radical (unpaired) electrons. The largest absolute Gasteiger partial charge is 0.490 e. The number of ketones is 1. The van der Waals surface area contributed by atoms with Gasteiger partial charge in [-0.2, -0.15) is 0 Å². The number of carbonyl (C=O) groups is 1. The number of imidazole rings is 1. The van der Waals surface area contributed by atoms with E-state index in [-0.39, 0.29) is 5.78 Å². The maximum Gasteiger partial charge on any atom is 0.185 e. The SMILES string of the molecule is CCCOc1c(/C=C/C(=O)c2ccc(OCc3nccn3C)cc2)cccc1OCC. The number of aryl methyl sites for hydroxylation is 1. The van der Waals surface area contributed by atoms with Gasteiger partial charge in [-0.3, -0.25) is 4.79 Å². The van der Waals surface area contributed by atoms with Crippen molar-refractivity contribution < 1.29 is 19.0 Å². The molecule has 0 saturated carbocycles. The zero-order valence-electron chi connectivity index (χ0n) is 18.2. The highest BCUT2D eigenvalue weighted by atomic mass is 16.5. The van der Waals surface area contributed by atoms with Gasteiger partial charge in [0.2, 0.25) is 0 Å². The molecule has 1 aromatic heterocycles. The van der Waals surface area contributed by atoms with Crippen LogP contribution in [0.4, 0.5) is 0 Å². The van der Waals surface area contributed by atoms with Crippen LogP contribution in [0, 0.1) is 0 Å². The monoisotopic (exact) mass is 420 g/mol. The van der Waals surface area contributed by atoms with E-state index in [1.165, 1.54) is 0 Å². The van der Waals surface area contributed by atoms with Gasteiger partial charge in [0.1, 0.15) is 18.2 Å². The summed E-state index contributed by atoms with van der Waals surface area (Å²) in [7, 11) is 1.92. The number of hydrogen-bond donors (Lipinski definition) is 0. The van der Waals surface area contributed by atoms with Crippen LogP contribution in [0.2, 0.25) is 0 Å². The Labute approximate surface area is 183 Å². The minimum absolute atomic E-state index is 0.0982. The van der Waals surface area contributed by atoms with Crippen LogP contribution in [-0.4, -0.2) is 28.5 Å². The molecule has 0 spiro atoms. The number of aromatic nitrogens is 2. The van der Waals surface area contributed by atoms with E-state index in [9.17, 15) is 4.79 Å². The zero-order valence-corrected chi connectivity index (χ0v) is 18.2. The quantitative estimate of drug-likeness (QED) is 0.320. The average Bonchev–Trinajstić information content (AvgIpc) is 3.20. The minimum atomic E-state index is -0.0982. The molecule has 0 N–H and O–H groups in total. The average molecular weight is 421 g/mol. The fourth-order valence-corrected chi connectivity index (χ4v) is 2.95. The Balaban J connectivity index is 1.68. The first kappa shape index (κ1) is 22.2. The summed E-state index contributed by atoms with van der Waals surface area (Å²) < 4.78 is 19.2. The number of carbonyl (C=O) groups excluding carboxylic acids is 1. The molecule has 0 aliphatic heterocycles. The number of rotatable bonds is 11. The second-order valence-corrected chi connectivity index (χ2v) is 6.92. The van der Waals surface area contributed by atoms with Crippen LogP contribution in [0.25, 0.3) is 6.08 Å². The summed E-state index contributed by atoms with van der Waals surface area (Å²) in [6.07, 6.45) is 7.80. The zero-order chi connectivity index (χ0) is 22.1. The number of ether oxygens (including phenoxy) is 3. The fourth-order valence-electron chi connectivity index (χ4n) is 2.95. The molecule has 1 heterocycles. The summed E-state index contributed by atoms with van der Waals surface area (Å²) in [6.45, 7) is 5.47. The number of hydrogen-bond acceptors (Lipinski definition) is 5. The maximum absolute atomic E-state index is 12.6. The Morgan fingerprint density at radius 2 is 1.87 bits per heavy atom. The van der Waals surface area contributed by atoms with Crippen LogP contribution in [0.1, 0.15) is 42.0 Å². The lowest BCUT2D eigenvalue weighted by atomic mass is 10.1. The van der Waals surface area contributed by atoms with Crippen molar-refractivity contribution in [3.05, 3.63) is 77.9 Å². The Bertz CT molecular complexity index is 1020. The number of nitrogens with zero attached hydrogens (tertiary/aromatic N) is 2. The van der Waals surface area contributed by atoms with E-state index in [1.807, 2.05) is 49.9 Å². The Morgan fingerprint density at radius 3 is 2.55 bits per heavy atom. The van der Waals surface area contributed by atoms with Gasteiger partial charge in [0, 0.05) is 30.6 Å². The maximum atomic E-state index is 12.6. The van der Waals surface area contributed by atoms with Crippen LogP contribution in [0.15, 0.2) is 60.9 Å². The Morgan fingerprint density at radius 1 is 1.06 bits per heavy atom. The molecule has 0 aliphatic rings. The van der Waals surface area contributed by atoms with E-state index >= 15 is 0 Å². The van der Waals surface area contributed by atoms with Crippen molar-refractivity contribution >= 4 is 11.9 Å². The first-order valence-electron chi connectivity index (χ1n) is 10.4. The van der Waals surface area contributed by atoms with Gasteiger partial charge in [-0.05, 0) is 55.8 Å². The summed E-state index contributed by atoms with van der Waals surface area (Å²) >= 11 is 0. The molecule has 2 aromatic carbocycles. The van der Waals surface area contributed by atoms with Gasteiger partial charge in [0.05, 0.1) is 13.2 Å². The van der Waals surface area contributed by atoms with Crippen molar-refractivity contribution in [2.45, 2.75) is 26.9 Å². The van der Waals surface area contributed by atoms with Crippen molar-refractivity contribution in [1.82, 2.24) is 9.55 Å². The van der Waals surface area contributed by atoms with Crippen LogP contribution in [0.5, 0.6) is 17.2 Å². The van der Waals surface area contributed by atoms with Crippen LogP contribution >= 0.6 is 0 Å². The molecule has 6 heteroatoms. The minimum Gasteiger partial charge on any atom is -0.490 e. The number of benzene rings is 2. The smallest absolute Gasteiger partial charge is 0.185 e. The third kappa shape index (κ3) is 5.98. The summed E-state index contributed by atoms with van der Waals surface area (Å²) in [5.74, 6) is 2.76. The third-order valence-electron chi connectivity index (χ3n) is 4.60. The molecule has 0 aliphatic carbocycles. The first-order valence-corrected chi connectivity index (χ1v) is 10.4. The molecule has 0 atom stereocenters. The molecule has 3 aromatic rings. The van der Waals surface area contributed by atoms with Crippen LogP contribution < -0.4 is 14.2 Å². The van der Waals surface area contributed by atoms with Gasteiger partial charge in [0.25, 0.3) is 0 Å². The molecular weight excluding hydrogens is 392 g/mol. The van der Waals surface area contributed by atoms with Crippen molar-refractivity contribution in [3.63, 3.8) is 0 Å². The van der Waals surface area contributed by atoms with E-state index in [2.05, 4.69) is 4.98 Å². The van der Waals surface area contributed by atoms with Crippen molar-refractivity contribution in [2.24, 2.45) is 7.05 Å². The summed E-state index contributed by atoms with van der Waals surface area (Å²) in [5.41, 5.74) is 1.39. The summed E-state index contributed by atoms with van der Waals surface area (Å²) in [4.78, 5) is 16.9. The lowest BCUT2D eigenvalue weighted by Gasteiger charge is -2.13. The Hall–Kier alpha value is -3.54. The number of para-hydroxylation sites is 1. The predicted molar refractivity (Wildman–Crippen MR) is 121 cm³/mol. The van der Waals surface area contributed by atoms with Gasteiger partial charge < -0.3 is 18.8 Å². The Kier molecular flexibility index (Phi) is 7.87. The van der Waals surface area contributed by atoms with E-state index in [4.69, 9.17) is 14.2 Å². The molecule has 162 valence electrons. The predicted octanol–water partition coefficient (Wildman–Crippen LogP) is 5.08. The second-order valence-electron chi connectivity index (χ2n) is 6.92. The van der Waals surface area contributed by atoms with Crippen molar-refractivity contribution in [1.29, 1.82) is 0 Å². The lowest BCUT2D eigenvalue weighted by molar-refractivity contribution is 0.104. The molecule has 0 bridgehead atoms. The molecule has 0 saturated heterocycles. The molecule has 0 unspecified atom stereocenters. The van der Waals surface area contributed by atoms with E-state index in [0.717, 1.165) is 17.8 Å². The van der Waals surface area contributed by atoms with Crippen LogP contribution in [0.3, 0.4) is 0 Å². The fraction of sp³-hybridized carbons (Fsp3) is 0.280. The summed E-state index contributed by atoms with van der Waals surface area (Å²) in [6, 6.07) is 12.8. The topological polar surface area (TPSA) is 62.6 Å². The summed E-state index contributed by atoms with van der Waals surface area (Å²) in [5, 5.41) is 0. The molecule has 0 fully saturated rings. The second kappa shape index (κ2) is 11.0. The molecular formula is C25H28N2O4. The van der Waals surface area contributed by atoms with Gasteiger partial charge in [-0.1, -0.05) is 19.1 Å². The van der Waals surface area contributed by atoms with Crippen molar-refractivity contribution in [3.8, 4) is 17.2 Å². The third-order valence-corrected chi connectivity index (χ3v) is 4.60. The van der Waals surface area contributed by atoms with E-state index < -0.39 is 0 Å². The molecule has 3 rings (SSSR count). The van der Waals surface area contributed by atoms with Gasteiger partial charge in [-0.25, -0.2) is 4.98 Å². The molecule has 0 amide bonds. The van der Waals surface area contributed by atoms with Gasteiger partial charge in [0.15, 0.2) is 17.3 Å². The van der Waals surface area contributed by atoms with Crippen LogP contribution in [-0.2, 0) is 13.7 Å². The number of allylic oxidation sites excluding steroid dienone is 1. The van der Waals surface area contributed by atoms with Gasteiger partial charge in [-0.15, -0.1) is 0 Å². The van der Waals surface area contributed by atoms with E-state index in [1.54, 1.807) is 42.6 Å². The normalized spacial score (nSPS) is 10.9. The lowest BCUT2D eigenvalue weighted by Crippen LogP contribution is -2.03. The van der Waals surface area contributed by atoms with E-state index in [0.29, 0.717) is 42.6 Å². The van der Waals surface area contributed by atoms with Gasteiger partial charge >= 0.3 is 0 Å².